The van der Waals surface area contributed by atoms with E-state index in [1.165, 1.54) is 0 Å². The van der Waals surface area contributed by atoms with Crippen LogP contribution in [0.4, 0.5) is 5.69 Å². The van der Waals surface area contributed by atoms with Gasteiger partial charge in [0.2, 0.25) is 0 Å². The van der Waals surface area contributed by atoms with Gasteiger partial charge >= 0.3 is 5.97 Å². The summed E-state index contributed by atoms with van der Waals surface area (Å²) in [6.07, 6.45) is 0.415. The number of ether oxygens (including phenoxy) is 3. The number of carboxylic acids is 1. The van der Waals surface area contributed by atoms with Gasteiger partial charge in [0, 0.05) is 43.4 Å². The molecule has 3 N–H and O–H groups in total. The predicted molar refractivity (Wildman–Crippen MR) is 169 cm³/mol. The van der Waals surface area contributed by atoms with Gasteiger partial charge in [-0.25, -0.2) is 4.79 Å². The van der Waals surface area contributed by atoms with Crippen molar-refractivity contribution in [3.8, 4) is 11.5 Å². The first-order valence-corrected chi connectivity index (χ1v) is 14.1. The van der Waals surface area contributed by atoms with Crippen LogP contribution in [0.3, 0.4) is 0 Å². The van der Waals surface area contributed by atoms with E-state index in [0.29, 0.717) is 60.9 Å². The lowest BCUT2D eigenvalue weighted by Gasteiger charge is -2.29. The van der Waals surface area contributed by atoms with Crippen molar-refractivity contribution >= 4 is 46.2 Å². The molecule has 0 bridgehead atoms. The number of ketones is 1. The van der Waals surface area contributed by atoms with Crippen molar-refractivity contribution in [3.05, 3.63) is 52.1 Å². The monoisotopic (exact) mass is 660 g/mol. The molecule has 1 unspecified atom stereocenters. The number of anilines is 1. The van der Waals surface area contributed by atoms with E-state index in [1.54, 1.807) is 31.2 Å². The summed E-state index contributed by atoms with van der Waals surface area (Å²) in [7, 11) is 3.15. The molecular formula is C31H41BrN4O7. The van der Waals surface area contributed by atoms with Gasteiger partial charge in [0.1, 0.15) is 23.9 Å². The van der Waals surface area contributed by atoms with E-state index >= 15 is 0 Å². The number of halogens is 1. The maximum absolute atomic E-state index is 13.8. The van der Waals surface area contributed by atoms with Gasteiger partial charge in [0.25, 0.3) is 5.91 Å². The highest BCUT2D eigenvalue weighted by atomic mass is 79.9. The Hall–Kier alpha value is -3.64. The quantitative estimate of drug-likeness (QED) is 0.305. The van der Waals surface area contributed by atoms with Crippen molar-refractivity contribution in [2.75, 3.05) is 51.9 Å². The van der Waals surface area contributed by atoms with Gasteiger partial charge in [-0.3, -0.25) is 15.0 Å². The normalized spacial score (nSPS) is 16.0. The molecule has 1 amide bonds. The van der Waals surface area contributed by atoms with Crippen LogP contribution in [0, 0.1) is 5.41 Å². The van der Waals surface area contributed by atoms with Crippen LogP contribution < -0.4 is 19.7 Å². The third-order valence-electron chi connectivity index (χ3n) is 7.58. The molecule has 2 heterocycles. The Morgan fingerprint density at radius 2 is 1.88 bits per heavy atom. The van der Waals surface area contributed by atoms with Crippen LogP contribution in [0.25, 0.3) is 0 Å². The van der Waals surface area contributed by atoms with E-state index in [0.717, 1.165) is 16.8 Å². The highest BCUT2D eigenvalue weighted by Crippen LogP contribution is 2.41. The van der Waals surface area contributed by atoms with Crippen molar-refractivity contribution in [2.24, 2.45) is 0 Å². The molecule has 0 saturated carbocycles. The van der Waals surface area contributed by atoms with Gasteiger partial charge in [0.15, 0.2) is 5.78 Å². The predicted octanol–water partition coefficient (Wildman–Crippen LogP) is 4.03. The topological polar surface area (TPSA) is 141 Å². The van der Waals surface area contributed by atoms with Crippen LogP contribution in [-0.4, -0.2) is 86.6 Å². The summed E-state index contributed by atoms with van der Waals surface area (Å²) >= 11 is 0. The zero-order valence-corrected chi connectivity index (χ0v) is 27.2. The maximum atomic E-state index is 13.8. The number of nitrogens with one attached hydrogen (secondary N) is 2. The van der Waals surface area contributed by atoms with Gasteiger partial charge in [-0.05, 0) is 48.6 Å². The molecule has 12 heteroatoms. The maximum Gasteiger partial charge on any atom is 0.329 e. The highest BCUT2D eigenvalue weighted by molar-refractivity contribution is 8.93. The van der Waals surface area contributed by atoms with Gasteiger partial charge in [-0.1, -0.05) is 20.8 Å². The first kappa shape index (κ1) is 33.9. The number of nitrogens with zero attached hydrogens (tertiary/aromatic N) is 2. The summed E-state index contributed by atoms with van der Waals surface area (Å²) in [5.41, 5.74) is 3.55. The minimum atomic E-state index is -1.01. The lowest BCUT2D eigenvalue weighted by Crippen LogP contribution is -2.31. The lowest BCUT2D eigenvalue weighted by molar-refractivity contribution is -0.143. The van der Waals surface area contributed by atoms with E-state index in [9.17, 15) is 14.4 Å². The number of carboxylic acid groups (broad SMARTS) is 1. The fourth-order valence-corrected chi connectivity index (χ4v) is 5.47. The average molecular weight is 662 g/mol. The van der Waals surface area contributed by atoms with Crippen molar-refractivity contribution < 1.29 is 33.7 Å². The van der Waals surface area contributed by atoms with Crippen LogP contribution in [0.1, 0.15) is 71.5 Å². The molecule has 1 atom stereocenters. The minimum Gasteiger partial charge on any atom is -0.494 e. The summed E-state index contributed by atoms with van der Waals surface area (Å²) in [5.74, 6) is -0.179. The Morgan fingerprint density at radius 1 is 1.16 bits per heavy atom. The molecule has 2 aromatic rings. The summed E-state index contributed by atoms with van der Waals surface area (Å²) in [6, 6.07) is 7.12. The molecule has 0 aliphatic carbocycles. The molecule has 0 spiro atoms. The van der Waals surface area contributed by atoms with Crippen molar-refractivity contribution in [2.45, 2.75) is 52.2 Å². The first-order valence-electron chi connectivity index (χ1n) is 14.1. The first-order chi connectivity index (χ1) is 19.9. The van der Waals surface area contributed by atoms with Crippen LogP contribution in [-0.2, 0) is 21.5 Å². The number of hydrogen-bond acceptors (Lipinski definition) is 8. The summed E-state index contributed by atoms with van der Waals surface area (Å²) in [5, 5.41) is 20.4. The molecule has 2 aliphatic rings. The number of amidine groups is 1. The molecule has 43 heavy (non-hydrogen) atoms. The standard InChI is InChI=1S/C31H40N4O7.BrH/c1-7-41-26-12-19-14-35(29(32)21(19)13-22(26)30(39)33-5)16-25(36)18-10-23(31(2,3)4)28(40-6)24(11-18)34-9-8-20(15-34)42-17-27(37)38;/h10-13,20,32H,7-9,14-17H2,1-6H3,(H,33,39)(H,37,38);1H. The zero-order chi connectivity index (χ0) is 30.8. The van der Waals surface area contributed by atoms with E-state index in [4.69, 9.17) is 24.7 Å². The van der Waals surface area contributed by atoms with Crippen molar-refractivity contribution in [3.63, 3.8) is 0 Å². The van der Waals surface area contributed by atoms with Crippen molar-refractivity contribution in [1.82, 2.24) is 10.2 Å². The number of Topliss-reactive ketones (excluding diaryl/α,β-unsaturated/α-hetero) is 1. The molecule has 0 aromatic heterocycles. The molecular weight excluding hydrogens is 620 g/mol. The number of aliphatic carboxylic acids is 1. The number of benzene rings is 2. The van der Waals surface area contributed by atoms with Gasteiger partial charge in [-0.15, -0.1) is 17.0 Å². The van der Waals surface area contributed by atoms with E-state index in [1.807, 2.05) is 19.1 Å². The number of carbonyl (C=O) groups excluding carboxylic acids is 2. The molecule has 0 radical (unpaired) electrons. The second-order valence-electron chi connectivity index (χ2n) is 11.5. The lowest BCUT2D eigenvalue weighted by atomic mass is 9.84. The highest BCUT2D eigenvalue weighted by Gasteiger charge is 2.33. The van der Waals surface area contributed by atoms with Crippen LogP contribution >= 0.6 is 17.0 Å². The molecule has 11 nitrogen and oxygen atoms in total. The summed E-state index contributed by atoms with van der Waals surface area (Å²) in [6.45, 7) is 9.47. The van der Waals surface area contributed by atoms with Crippen LogP contribution in [0.5, 0.6) is 11.5 Å². The molecule has 1 fully saturated rings. The zero-order valence-electron chi connectivity index (χ0n) is 25.5. The molecule has 2 aromatic carbocycles. The SMILES string of the molecule is Br.CCOc1cc2c(cc1C(=O)NC)C(=N)N(CC(=O)c1cc(N3CCC(OCC(=O)O)C3)c(OC)c(C(C)(C)C)c1)C2. The summed E-state index contributed by atoms with van der Waals surface area (Å²) < 4.78 is 17.1. The Labute approximate surface area is 262 Å². The number of amides is 1. The third-order valence-corrected chi connectivity index (χ3v) is 7.58. The number of methoxy groups -OCH3 is 1. The molecule has 4 rings (SSSR count). The molecule has 2 aliphatic heterocycles. The Kier molecular flexibility index (Phi) is 10.8. The van der Waals surface area contributed by atoms with Gasteiger partial charge in [-0.2, -0.15) is 0 Å². The van der Waals surface area contributed by atoms with E-state index in [2.05, 4.69) is 31.0 Å². The average Bonchev–Trinajstić information content (AvgIpc) is 3.54. The fourth-order valence-electron chi connectivity index (χ4n) is 5.47. The number of carbonyl (C=O) groups is 3. The smallest absolute Gasteiger partial charge is 0.329 e. The number of fused-ring (bicyclic) bond motifs is 1. The fraction of sp³-hybridized carbons (Fsp3) is 0.484. The van der Waals surface area contributed by atoms with E-state index in [-0.39, 0.29) is 59.2 Å². The number of hydrogen-bond donors (Lipinski definition) is 3. The van der Waals surface area contributed by atoms with Gasteiger partial charge in [0.05, 0.1) is 37.6 Å². The second kappa shape index (κ2) is 13.8. The minimum absolute atomic E-state index is 0. The van der Waals surface area contributed by atoms with Gasteiger partial charge < -0.3 is 34.4 Å². The molecule has 1 saturated heterocycles. The Morgan fingerprint density at radius 3 is 2.49 bits per heavy atom. The Balaban J connectivity index is 0.00000506. The second-order valence-corrected chi connectivity index (χ2v) is 11.5. The largest absolute Gasteiger partial charge is 0.494 e. The van der Waals surface area contributed by atoms with Crippen molar-refractivity contribution in [1.29, 1.82) is 5.41 Å². The summed E-state index contributed by atoms with van der Waals surface area (Å²) in [4.78, 5) is 41.0. The van der Waals surface area contributed by atoms with E-state index < -0.39 is 5.97 Å². The number of rotatable bonds is 11. The third kappa shape index (κ3) is 7.30. The van der Waals surface area contributed by atoms with Crippen LogP contribution in [0.2, 0.25) is 0 Å². The van der Waals surface area contributed by atoms with Crippen LogP contribution in [0.15, 0.2) is 24.3 Å². The Bertz CT molecular complexity index is 1410. The molecule has 234 valence electrons.